The van der Waals surface area contributed by atoms with Crippen LogP contribution in [0.3, 0.4) is 0 Å². The van der Waals surface area contributed by atoms with Gasteiger partial charge in [-0.05, 0) is 41.7 Å². The van der Waals surface area contributed by atoms with E-state index in [1.165, 1.54) is 5.56 Å². The first-order valence-corrected chi connectivity index (χ1v) is 6.44. The zero-order valence-corrected chi connectivity index (χ0v) is 11.6. The molecule has 100 valence electrons. The van der Waals surface area contributed by atoms with Gasteiger partial charge in [0.15, 0.2) is 0 Å². The molecular weight excluding hydrogens is 238 g/mol. The molecule has 0 unspecified atom stereocenters. The van der Waals surface area contributed by atoms with Gasteiger partial charge in [0.25, 0.3) is 0 Å². The van der Waals surface area contributed by atoms with Crippen LogP contribution in [0.1, 0.15) is 36.5 Å². The zero-order chi connectivity index (χ0) is 13.8. The van der Waals surface area contributed by atoms with Crippen molar-refractivity contribution >= 4 is 0 Å². The van der Waals surface area contributed by atoms with Crippen LogP contribution in [-0.4, -0.2) is 10.1 Å². The topological polar surface area (TPSA) is 42.4 Å². The molecule has 2 aromatic rings. The molecule has 1 aromatic carbocycles. The van der Waals surface area contributed by atoms with E-state index in [4.69, 9.17) is 9.84 Å². The van der Waals surface area contributed by atoms with E-state index < -0.39 is 0 Å². The second kappa shape index (κ2) is 5.85. The second-order valence-corrected chi connectivity index (χ2v) is 4.94. The van der Waals surface area contributed by atoms with Gasteiger partial charge in [-0.15, -0.1) is 0 Å². The van der Waals surface area contributed by atoms with E-state index in [1.807, 2.05) is 13.0 Å². The molecule has 0 aliphatic rings. The van der Waals surface area contributed by atoms with Gasteiger partial charge in [-0.25, -0.2) is 4.98 Å². The Labute approximate surface area is 113 Å². The van der Waals surface area contributed by atoms with E-state index in [0.29, 0.717) is 11.8 Å². The van der Waals surface area contributed by atoms with Crippen molar-refractivity contribution in [1.29, 1.82) is 0 Å². The van der Waals surface area contributed by atoms with Gasteiger partial charge in [-0.1, -0.05) is 26.0 Å². The van der Waals surface area contributed by atoms with Gasteiger partial charge >= 0.3 is 0 Å². The van der Waals surface area contributed by atoms with E-state index in [1.54, 1.807) is 12.3 Å². The minimum Gasteiger partial charge on any atom is -0.439 e. The molecule has 0 saturated heterocycles. The van der Waals surface area contributed by atoms with Crippen molar-refractivity contribution in [2.45, 2.75) is 33.3 Å². The predicted molar refractivity (Wildman–Crippen MR) is 75.5 cm³/mol. The number of ether oxygens (including phenoxy) is 1. The summed E-state index contributed by atoms with van der Waals surface area (Å²) in [5.41, 5.74) is 3.10. The summed E-state index contributed by atoms with van der Waals surface area (Å²) >= 11 is 0. The number of nitrogens with zero attached hydrogens (tertiary/aromatic N) is 1. The number of aryl methyl sites for hydroxylation is 1. The van der Waals surface area contributed by atoms with E-state index >= 15 is 0 Å². The van der Waals surface area contributed by atoms with Crippen LogP contribution in [0.15, 0.2) is 36.5 Å². The maximum absolute atomic E-state index is 8.98. The number of rotatable bonds is 4. The summed E-state index contributed by atoms with van der Waals surface area (Å²) in [5, 5.41) is 8.98. The third-order valence-electron chi connectivity index (χ3n) is 3.07. The first-order valence-electron chi connectivity index (χ1n) is 6.44. The fourth-order valence-corrected chi connectivity index (χ4v) is 1.76. The molecule has 0 amide bonds. The lowest BCUT2D eigenvalue weighted by Gasteiger charge is -2.12. The van der Waals surface area contributed by atoms with Crippen molar-refractivity contribution in [3.05, 3.63) is 53.2 Å². The Morgan fingerprint density at radius 1 is 1.21 bits per heavy atom. The molecule has 0 saturated carbocycles. The van der Waals surface area contributed by atoms with Crippen LogP contribution in [-0.2, 0) is 6.61 Å². The summed E-state index contributed by atoms with van der Waals surface area (Å²) in [5.74, 6) is 1.84. The Morgan fingerprint density at radius 3 is 2.58 bits per heavy atom. The molecule has 0 radical (unpaired) electrons. The van der Waals surface area contributed by atoms with Crippen molar-refractivity contribution in [2.24, 2.45) is 0 Å². The highest BCUT2D eigenvalue weighted by Gasteiger charge is 2.06. The van der Waals surface area contributed by atoms with Crippen molar-refractivity contribution < 1.29 is 9.84 Å². The smallest absolute Gasteiger partial charge is 0.219 e. The number of hydrogen-bond acceptors (Lipinski definition) is 3. The highest BCUT2D eigenvalue weighted by molar-refractivity contribution is 5.39. The second-order valence-electron chi connectivity index (χ2n) is 4.94. The van der Waals surface area contributed by atoms with Crippen LogP contribution in [0, 0.1) is 6.92 Å². The van der Waals surface area contributed by atoms with Crippen LogP contribution in [0.25, 0.3) is 0 Å². The van der Waals surface area contributed by atoms with Gasteiger partial charge in [0.1, 0.15) is 5.75 Å². The molecule has 0 spiro atoms. The summed E-state index contributed by atoms with van der Waals surface area (Å²) in [6.45, 7) is 6.32. The number of pyridine rings is 1. The summed E-state index contributed by atoms with van der Waals surface area (Å²) in [4.78, 5) is 4.18. The first-order chi connectivity index (χ1) is 9.10. The van der Waals surface area contributed by atoms with Crippen LogP contribution >= 0.6 is 0 Å². The molecule has 0 aliphatic carbocycles. The quantitative estimate of drug-likeness (QED) is 0.906. The maximum Gasteiger partial charge on any atom is 0.219 e. The van der Waals surface area contributed by atoms with Crippen molar-refractivity contribution in [1.82, 2.24) is 4.98 Å². The minimum absolute atomic E-state index is 0.00482. The van der Waals surface area contributed by atoms with Gasteiger partial charge in [-0.3, -0.25) is 0 Å². The highest BCUT2D eigenvalue weighted by Crippen LogP contribution is 2.27. The Balaban J connectivity index is 2.23. The summed E-state index contributed by atoms with van der Waals surface area (Å²) in [6, 6.07) is 9.82. The third kappa shape index (κ3) is 3.32. The minimum atomic E-state index is -0.00482. The van der Waals surface area contributed by atoms with Gasteiger partial charge < -0.3 is 9.84 Å². The number of aromatic nitrogens is 1. The summed E-state index contributed by atoms with van der Waals surface area (Å²) in [6.07, 6.45) is 1.62. The molecule has 0 fully saturated rings. The monoisotopic (exact) mass is 257 g/mol. The van der Waals surface area contributed by atoms with Gasteiger partial charge in [-0.2, -0.15) is 0 Å². The average molecular weight is 257 g/mol. The Kier molecular flexibility index (Phi) is 4.17. The lowest BCUT2D eigenvalue weighted by atomic mass is 10.0. The highest BCUT2D eigenvalue weighted by atomic mass is 16.5. The molecule has 0 bridgehead atoms. The molecule has 2 rings (SSSR count). The first kappa shape index (κ1) is 13.6. The normalized spacial score (nSPS) is 10.8. The molecule has 0 aliphatic heterocycles. The maximum atomic E-state index is 8.98. The van der Waals surface area contributed by atoms with Crippen LogP contribution in [0.5, 0.6) is 11.6 Å². The molecular formula is C16H19NO2. The fourth-order valence-electron chi connectivity index (χ4n) is 1.76. The van der Waals surface area contributed by atoms with Crippen LogP contribution in [0.2, 0.25) is 0 Å². The lowest BCUT2D eigenvalue weighted by molar-refractivity contribution is 0.281. The number of aliphatic hydroxyl groups is 1. The summed E-state index contributed by atoms with van der Waals surface area (Å²) in [7, 11) is 0. The molecule has 1 aromatic heterocycles. The average Bonchev–Trinajstić information content (AvgIpc) is 2.42. The molecule has 0 atom stereocenters. The fraction of sp³-hybridized carbons (Fsp3) is 0.312. The van der Waals surface area contributed by atoms with Crippen LogP contribution in [0.4, 0.5) is 0 Å². The Morgan fingerprint density at radius 2 is 2.00 bits per heavy atom. The van der Waals surface area contributed by atoms with Gasteiger partial charge in [0.05, 0.1) is 6.61 Å². The van der Waals surface area contributed by atoms with E-state index in [2.05, 4.69) is 37.0 Å². The lowest BCUT2D eigenvalue weighted by Crippen LogP contribution is -1.94. The largest absolute Gasteiger partial charge is 0.439 e. The Bertz CT molecular complexity index is 547. The third-order valence-corrected chi connectivity index (χ3v) is 3.07. The van der Waals surface area contributed by atoms with Crippen molar-refractivity contribution in [3.8, 4) is 11.6 Å². The summed E-state index contributed by atoms with van der Waals surface area (Å²) < 4.78 is 5.81. The van der Waals surface area contributed by atoms with E-state index in [9.17, 15) is 0 Å². The zero-order valence-electron chi connectivity index (χ0n) is 11.6. The van der Waals surface area contributed by atoms with E-state index in [0.717, 1.165) is 16.9 Å². The van der Waals surface area contributed by atoms with Gasteiger partial charge in [0.2, 0.25) is 5.88 Å². The number of aliphatic hydroxyl groups excluding tert-OH is 1. The standard InChI is InChI=1S/C16H19NO2/c1-11(2)14-6-4-12(3)15(8-14)19-16-7-5-13(10-18)9-17-16/h4-9,11,18H,10H2,1-3H3. The molecule has 3 nitrogen and oxygen atoms in total. The molecule has 1 N–H and O–H groups in total. The van der Waals surface area contributed by atoms with Crippen LogP contribution < -0.4 is 4.74 Å². The van der Waals surface area contributed by atoms with E-state index in [-0.39, 0.29) is 6.61 Å². The number of hydrogen-bond donors (Lipinski definition) is 1. The SMILES string of the molecule is Cc1ccc(C(C)C)cc1Oc1ccc(CO)cn1. The number of benzene rings is 1. The predicted octanol–water partition coefficient (Wildman–Crippen LogP) is 3.80. The van der Waals surface area contributed by atoms with Crippen molar-refractivity contribution in [3.63, 3.8) is 0 Å². The van der Waals surface area contributed by atoms with Crippen molar-refractivity contribution in [2.75, 3.05) is 0 Å². The molecule has 19 heavy (non-hydrogen) atoms. The Hall–Kier alpha value is -1.87. The molecule has 1 heterocycles. The van der Waals surface area contributed by atoms with Gasteiger partial charge in [0, 0.05) is 12.3 Å². The molecule has 3 heteroatoms.